The van der Waals surface area contributed by atoms with E-state index in [1.165, 1.54) is 29.9 Å². The van der Waals surface area contributed by atoms with E-state index in [1.807, 2.05) is 18.5 Å². The van der Waals surface area contributed by atoms with Crippen LogP contribution >= 0.6 is 0 Å². The van der Waals surface area contributed by atoms with Crippen molar-refractivity contribution in [3.05, 3.63) is 60.2 Å². The van der Waals surface area contributed by atoms with Gasteiger partial charge in [-0.15, -0.1) is 0 Å². The van der Waals surface area contributed by atoms with Gasteiger partial charge in [-0.2, -0.15) is 0 Å². The lowest BCUT2D eigenvalue weighted by Crippen LogP contribution is -2.46. The number of pyridine rings is 2. The quantitative estimate of drug-likeness (QED) is 0.700. The van der Waals surface area contributed by atoms with Crippen LogP contribution in [0, 0.1) is 0 Å². The summed E-state index contributed by atoms with van der Waals surface area (Å²) < 4.78 is 2.29. The first-order chi connectivity index (χ1) is 13.8. The Bertz CT molecular complexity index is 931. The Balaban J connectivity index is 1.40. The normalized spacial score (nSPS) is 21.6. The highest BCUT2D eigenvalue weighted by Crippen LogP contribution is 2.28. The van der Waals surface area contributed by atoms with Gasteiger partial charge >= 0.3 is 0 Å². The van der Waals surface area contributed by atoms with Crippen molar-refractivity contribution in [2.24, 2.45) is 0 Å². The molecule has 2 aliphatic rings. The minimum absolute atomic E-state index is 0.316. The number of hydrogen-bond acceptors (Lipinski definition) is 5. The molecular formula is C22H28N6. The van der Waals surface area contributed by atoms with E-state index in [4.69, 9.17) is 4.98 Å². The van der Waals surface area contributed by atoms with Crippen LogP contribution < -0.4 is 4.90 Å². The zero-order valence-corrected chi connectivity index (χ0v) is 16.5. The van der Waals surface area contributed by atoms with Gasteiger partial charge in [0.2, 0.25) is 0 Å². The molecule has 0 amide bonds. The fourth-order valence-electron chi connectivity index (χ4n) is 4.52. The molecule has 0 aromatic carbocycles. The Morgan fingerprint density at radius 3 is 2.75 bits per heavy atom. The molecule has 6 heteroatoms. The van der Waals surface area contributed by atoms with Gasteiger partial charge in [-0.05, 0) is 43.7 Å². The number of piperazine rings is 1. The lowest BCUT2D eigenvalue weighted by molar-refractivity contribution is 0.0885. The molecule has 1 atom stereocenters. The first-order valence-corrected chi connectivity index (χ1v) is 10.3. The number of likely N-dealkylation sites (N-methyl/N-ethyl adjacent to an activating group) is 1. The summed E-state index contributed by atoms with van der Waals surface area (Å²) in [5.74, 6) is 1.28. The maximum Gasteiger partial charge on any atom is 0.138 e. The van der Waals surface area contributed by atoms with E-state index in [1.54, 1.807) is 0 Å². The van der Waals surface area contributed by atoms with Gasteiger partial charge < -0.3 is 4.90 Å². The molecule has 2 saturated heterocycles. The van der Waals surface area contributed by atoms with E-state index in [0.717, 1.165) is 44.9 Å². The van der Waals surface area contributed by atoms with E-state index < -0.39 is 0 Å². The molecule has 5 heterocycles. The lowest BCUT2D eigenvalue weighted by Gasteiger charge is -2.38. The first-order valence-electron chi connectivity index (χ1n) is 10.3. The summed E-state index contributed by atoms with van der Waals surface area (Å²) in [5, 5.41) is 0. The van der Waals surface area contributed by atoms with Gasteiger partial charge in [0.05, 0.1) is 11.7 Å². The molecule has 6 nitrogen and oxygen atoms in total. The second-order valence-corrected chi connectivity index (χ2v) is 8.06. The second kappa shape index (κ2) is 7.53. The highest BCUT2D eigenvalue weighted by molar-refractivity contribution is 5.53. The first kappa shape index (κ1) is 17.6. The van der Waals surface area contributed by atoms with Crippen LogP contribution in [0.25, 0.3) is 5.65 Å². The molecule has 3 aromatic heterocycles. The van der Waals surface area contributed by atoms with Gasteiger partial charge in [-0.1, -0.05) is 12.1 Å². The van der Waals surface area contributed by atoms with Crippen molar-refractivity contribution in [2.75, 3.05) is 44.7 Å². The van der Waals surface area contributed by atoms with E-state index in [-0.39, 0.29) is 0 Å². The predicted octanol–water partition coefficient (Wildman–Crippen LogP) is 2.82. The maximum absolute atomic E-state index is 5.02. The topological polar surface area (TPSA) is 39.9 Å². The van der Waals surface area contributed by atoms with Crippen LogP contribution in [0.5, 0.6) is 0 Å². The average Bonchev–Trinajstić information content (AvgIpc) is 3.40. The average molecular weight is 377 g/mol. The van der Waals surface area contributed by atoms with Crippen molar-refractivity contribution in [3.63, 3.8) is 0 Å². The molecule has 0 unspecified atom stereocenters. The van der Waals surface area contributed by atoms with Crippen molar-refractivity contribution in [1.29, 1.82) is 0 Å². The molecular weight excluding hydrogens is 348 g/mol. The van der Waals surface area contributed by atoms with Gasteiger partial charge in [0.1, 0.15) is 11.5 Å². The number of fused-ring (bicyclic) bond motifs is 1. The van der Waals surface area contributed by atoms with E-state index >= 15 is 0 Å². The molecule has 0 saturated carbocycles. The van der Waals surface area contributed by atoms with Crippen molar-refractivity contribution in [3.8, 4) is 0 Å². The van der Waals surface area contributed by atoms with Gasteiger partial charge in [-0.25, -0.2) is 4.98 Å². The Morgan fingerprint density at radius 2 is 1.93 bits per heavy atom. The standard InChI is InChI=1S/C22H28N6/c1-25-12-13-26(15-18-6-5-9-23-14-18)17-20(25)19-16-28-21(24-19)7-4-8-22(28)27-10-2-3-11-27/h4-9,14,16,20H,2-3,10-13,15,17H2,1H3/t20-/m0/s1. The van der Waals surface area contributed by atoms with Crippen LogP contribution in [0.1, 0.15) is 30.1 Å². The van der Waals surface area contributed by atoms with E-state index in [9.17, 15) is 0 Å². The molecule has 2 aliphatic heterocycles. The SMILES string of the molecule is CN1CCN(Cc2cccnc2)C[C@H]1c1cn2c(N3CCCC3)cccc2n1. The zero-order chi connectivity index (χ0) is 18.9. The van der Waals surface area contributed by atoms with Crippen LogP contribution in [0.2, 0.25) is 0 Å². The van der Waals surface area contributed by atoms with Gasteiger partial charge in [0.15, 0.2) is 0 Å². The molecule has 3 aromatic rings. The number of aromatic nitrogens is 3. The Morgan fingerprint density at radius 1 is 1.04 bits per heavy atom. The Hall–Kier alpha value is -2.44. The monoisotopic (exact) mass is 376 g/mol. The highest BCUT2D eigenvalue weighted by atomic mass is 15.3. The zero-order valence-electron chi connectivity index (χ0n) is 16.5. The summed E-state index contributed by atoms with van der Waals surface area (Å²) in [6.45, 7) is 6.37. The Kier molecular flexibility index (Phi) is 4.74. The Labute approximate surface area is 166 Å². The van der Waals surface area contributed by atoms with Crippen molar-refractivity contribution >= 4 is 11.5 Å². The smallest absolute Gasteiger partial charge is 0.138 e. The third kappa shape index (κ3) is 3.38. The molecule has 0 aliphatic carbocycles. The van der Waals surface area contributed by atoms with Crippen LogP contribution in [-0.2, 0) is 6.54 Å². The number of hydrogen-bond donors (Lipinski definition) is 0. The van der Waals surface area contributed by atoms with Crippen LogP contribution in [-0.4, -0.2) is 63.9 Å². The second-order valence-electron chi connectivity index (χ2n) is 8.06. The largest absolute Gasteiger partial charge is 0.358 e. The minimum atomic E-state index is 0.316. The summed E-state index contributed by atoms with van der Waals surface area (Å²) in [5.41, 5.74) is 3.50. The molecule has 146 valence electrons. The predicted molar refractivity (Wildman–Crippen MR) is 112 cm³/mol. The molecule has 28 heavy (non-hydrogen) atoms. The molecule has 0 radical (unpaired) electrons. The number of rotatable bonds is 4. The highest BCUT2D eigenvalue weighted by Gasteiger charge is 2.28. The van der Waals surface area contributed by atoms with Crippen LogP contribution in [0.15, 0.2) is 48.9 Å². The van der Waals surface area contributed by atoms with Gasteiger partial charge in [0, 0.05) is 57.9 Å². The van der Waals surface area contributed by atoms with Crippen LogP contribution in [0.4, 0.5) is 5.82 Å². The lowest BCUT2D eigenvalue weighted by atomic mass is 10.1. The van der Waals surface area contributed by atoms with Gasteiger partial charge in [0.25, 0.3) is 0 Å². The number of imidazole rings is 1. The summed E-state index contributed by atoms with van der Waals surface area (Å²) >= 11 is 0. The fraction of sp³-hybridized carbons (Fsp3) is 0.455. The minimum Gasteiger partial charge on any atom is -0.358 e. The maximum atomic E-state index is 5.02. The van der Waals surface area contributed by atoms with Crippen molar-refractivity contribution in [2.45, 2.75) is 25.4 Å². The third-order valence-corrected chi connectivity index (χ3v) is 6.12. The van der Waals surface area contributed by atoms with Crippen LogP contribution in [0.3, 0.4) is 0 Å². The van der Waals surface area contributed by atoms with E-state index in [2.05, 4.69) is 61.6 Å². The fourth-order valence-corrected chi connectivity index (χ4v) is 4.52. The molecule has 0 bridgehead atoms. The number of nitrogens with zero attached hydrogens (tertiary/aromatic N) is 6. The summed E-state index contributed by atoms with van der Waals surface area (Å²) in [6, 6.07) is 11.0. The van der Waals surface area contributed by atoms with Crippen molar-refractivity contribution < 1.29 is 0 Å². The summed E-state index contributed by atoms with van der Waals surface area (Å²) in [7, 11) is 2.22. The molecule has 0 N–H and O–H groups in total. The molecule has 5 rings (SSSR count). The molecule has 0 spiro atoms. The van der Waals surface area contributed by atoms with Crippen molar-refractivity contribution in [1.82, 2.24) is 24.2 Å². The van der Waals surface area contributed by atoms with Gasteiger partial charge in [-0.3, -0.25) is 19.2 Å². The molecule has 2 fully saturated rings. The van der Waals surface area contributed by atoms with E-state index in [0.29, 0.717) is 6.04 Å². The summed E-state index contributed by atoms with van der Waals surface area (Å²) in [6.07, 6.45) is 8.64. The number of anilines is 1. The summed E-state index contributed by atoms with van der Waals surface area (Å²) in [4.78, 5) is 16.7. The third-order valence-electron chi connectivity index (χ3n) is 6.12.